The lowest BCUT2D eigenvalue weighted by Crippen LogP contribution is -2.63. The maximum absolute atomic E-state index is 14.9. The van der Waals surface area contributed by atoms with Gasteiger partial charge in [-0.2, -0.15) is 0 Å². The fraction of sp³-hybridized carbons (Fsp3) is 0.286. The minimum atomic E-state index is -1.23. The van der Waals surface area contributed by atoms with Crippen molar-refractivity contribution in [3.63, 3.8) is 0 Å². The molecule has 12 heteroatoms. The van der Waals surface area contributed by atoms with Crippen LogP contribution in [0.25, 0.3) is 0 Å². The Morgan fingerprint density at radius 2 is 1.65 bits per heavy atom. The summed E-state index contributed by atoms with van der Waals surface area (Å²) in [5.41, 5.74) is 2.04. The average molecular weight is 548 g/mol. The maximum atomic E-state index is 14.9. The van der Waals surface area contributed by atoms with Crippen molar-refractivity contribution in [1.29, 1.82) is 0 Å². The van der Waals surface area contributed by atoms with Gasteiger partial charge in [-0.05, 0) is 57.3 Å². The number of hydrogen-bond donors (Lipinski definition) is 4. The molecule has 40 heavy (non-hydrogen) atoms. The topological polar surface area (TPSA) is 128 Å². The fourth-order valence-electron chi connectivity index (χ4n) is 4.20. The van der Waals surface area contributed by atoms with Crippen LogP contribution in [-0.4, -0.2) is 66.0 Å². The summed E-state index contributed by atoms with van der Waals surface area (Å²) < 4.78 is 20.6. The molecule has 2 fully saturated rings. The minimum absolute atomic E-state index is 0.0626. The van der Waals surface area contributed by atoms with Gasteiger partial charge >= 0.3 is 6.03 Å². The number of urea groups is 1. The van der Waals surface area contributed by atoms with Crippen LogP contribution in [0, 0.1) is 11.2 Å². The van der Waals surface area contributed by atoms with Gasteiger partial charge in [-0.1, -0.05) is 18.2 Å². The normalized spacial score (nSPS) is 16.0. The number of amides is 4. The highest BCUT2D eigenvalue weighted by molar-refractivity contribution is 6.16. The molecule has 0 radical (unpaired) electrons. The quantitative estimate of drug-likeness (QED) is 0.301. The number of likely N-dealkylation sites (N-methyl/N-ethyl adjacent to an activating group) is 1. The molecule has 0 bridgehead atoms. The van der Waals surface area contributed by atoms with Crippen LogP contribution in [-0.2, 0) is 9.59 Å². The largest absolute Gasteiger partial charge is 0.457 e. The zero-order valence-corrected chi connectivity index (χ0v) is 22.1. The molecular weight excluding hydrogens is 517 g/mol. The molecule has 5 rings (SSSR count). The van der Waals surface area contributed by atoms with Crippen LogP contribution < -0.4 is 26.1 Å². The van der Waals surface area contributed by atoms with Gasteiger partial charge in [0.25, 0.3) is 0 Å². The van der Waals surface area contributed by atoms with E-state index in [0.717, 1.165) is 19.2 Å². The van der Waals surface area contributed by atoms with Crippen LogP contribution in [0.3, 0.4) is 0 Å². The third-order valence-electron chi connectivity index (χ3n) is 6.90. The Hall–Kier alpha value is -4.55. The first-order chi connectivity index (χ1) is 19.2. The smallest absolute Gasteiger partial charge is 0.334 e. The molecular formula is C28H30FN7O4. The van der Waals surface area contributed by atoms with E-state index < -0.39 is 29.1 Å². The van der Waals surface area contributed by atoms with Crippen LogP contribution >= 0.6 is 0 Å². The predicted molar refractivity (Wildman–Crippen MR) is 147 cm³/mol. The third-order valence-corrected chi connectivity index (χ3v) is 6.90. The Kier molecular flexibility index (Phi) is 7.63. The molecule has 3 aromatic rings. The Bertz CT molecular complexity index is 1410. The average Bonchev–Trinajstić information content (AvgIpc) is 3.71. The van der Waals surface area contributed by atoms with E-state index in [1.54, 1.807) is 35.3 Å². The summed E-state index contributed by atoms with van der Waals surface area (Å²) in [5, 5.41) is 9.72. The summed E-state index contributed by atoms with van der Waals surface area (Å²) in [6.07, 6.45) is 2.22. The summed E-state index contributed by atoms with van der Waals surface area (Å²) in [6.45, 7) is 1.45. The number of benzene rings is 2. The summed E-state index contributed by atoms with van der Waals surface area (Å²) in [7, 11) is 3.98. The Labute approximate surface area is 230 Å². The lowest BCUT2D eigenvalue weighted by atomic mass is 10.0. The Balaban J connectivity index is 1.15. The van der Waals surface area contributed by atoms with Crippen molar-refractivity contribution < 1.29 is 23.5 Å². The van der Waals surface area contributed by atoms with Crippen molar-refractivity contribution >= 4 is 35.0 Å². The zero-order chi connectivity index (χ0) is 28.3. The number of nitrogens with zero attached hydrogens (tertiary/aromatic N) is 3. The van der Waals surface area contributed by atoms with Crippen molar-refractivity contribution in [2.24, 2.45) is 5.41 Å². The second-order valence-corrected chi connectivity index (χ2v) is 10.1. The molecule has 1 aromatic heterocycles. The molecule has 208 valence electrons. The molecule has 4 amide bonds. The number of pyridine rings is 1. The standard InChI is InChI=1S/C28H30FN7O4/c1-35(2)19-16-36(17-19)34-27(39)33-24-15-21(10-13-30-24)40-20-8-9-23(22(29)14-20)32-26(38)28(11-12-28)25(37)31-18-6-4-3-5-7-18/h3-10,13-15,19H,11-12,16-17H2,1-2H3,(H,31,37)(H,32,38)(H2,30,33,34,39). The van der Waals surface area contributed by atoms with Gasteiger partial charge < -0.3 is 20.3 Å². The van der Waals surface area contributed by atoms with E-state index in [1.807, 2.05) is 20.2 Å². The SMILES string of the molecule is CN(C)C1CN(NC(=O)Nc2cc(Oc3ccc(NC(=O)C4(C(=O)Nc5ccccc5)CC4)c(F)c3)ccn2)C1. The first kappa shape index (κ1) is 27.0. The number of anilines is 3. The number of ether oxygens (including phenoxy) is 1. The van der Waals surface area contributed by atoms with Gasteiger partial charge in [0.15, 0.2) is 0 Å². The van der Waals surface area contributed by atoms with E-state index in [9.17, 15) is 18.8 Å². The number of rotatable bonds is 9. The Morgan fingerprint density at radius 3 is 2.33 bits per heavy atom. The summed E-state index contributed by atoms with van der Waals surface area (Å²) in [5.74, 6) is -0.944. The highest BCUT2D eigenvalue weighted by Crippen LogP contribution is 2.47. The fourth-order valence-corrected chi connectivity index (χ4v) is 4.20. The highest BCUT2D eigenvalue weighted by Gasteiger charge is 2.56. The molecule has 1 saturated heterocycles. The van der Waals surface area contributed by atoms with Crippen LogP contribution in [0.2, 0.25) is 0 Å². The van der Waals surface area contributed by atoms with Gasteiger partial charge in [0, 0.05) is 43.1 Å². The molecule has 2 aliphatic rings. The van der Waals surface area contributed by atoms with Crippen LogP contribution in [0.1, 0.15) is 12.8 Å². The zero-order valence-electron chi connectivity index (χ0n) is 22.1. The molecule has 2 heterocycles. The van der Waals surface area contributed by atoms with Crippen LogP contribution in [0.4, 0.5) is 26.4 Å². The summed E-state index contributed by atoms with van der Waals surface area (Å²) in [6, 6.07) is 15.9. The van der Waals surface area contributed by atoms with Crippen LogP contribution in [0.15, 0.2) is 66.9 Å². The number of carbonyl (C=O) groups excluding carboxylic acids is 3. The van der Waals surface area contributed by atoms with E-state index in [4.69, 9.17) is 4.74 Å². The highest BCUT2D eigenvalue weighted by atomic mass is 19.1. The van der Waals surface area contributed by atoms with E-state index in [2.05, 4.69) is 31.3 Å². The third kappa shape index (κ3) is 6.19. The number of hydrogen-bond acceptors (Lipinski definition) is 7. The van der Waals surface area contributed by atoms with E-state index in [-0.39, 0.29) is 17.3 Å². The lowest BCUT2D eigenvalue weighted by Gasteiger charge is -2.42. The molecule has 11 nitrogen and oxygen atoms in total. The second-order valence-electron chi connectivity index (χ2n) is 10.1. The lowest BCUT2D eigenvalue weighted by molar-refractivity contribution is -0.131. The summed E-state index contributed by atoms with van der Waals surface area (Å²) in [4.78, 5) is 44.1. The number of aromatic nitrogens is 1. The van der Waals surface area contributed by atoms with Gasteiger partial charge in [0.2, 0.25) is 11.8 Å². The Morgan fingerprint density at radius 1 is 0.950 bits per heavy atom. The molecule has 4 N–H and O–H groups in total. The van der Waals surface area contributed by atoms with Gasteiger partial charge in [-0.25, -0.2) is 19.2 Å². The maximum Gasteiger partial charge on any atom is 0.334 e. The first-order valence-corrected chi connectivity index (χ1v) is 12.8. The second kappa shape index (κ2) is 11.3. The number of para-hydroxylation sites is 1. The number of carbonyl (C=O) groups is 3. The van der Waals surface area contributed by atoms with Crippen molar-refractivity contribution in [2.45, 2.75) is 18.9 Å². The van der Waals surface area contributed by atoms with E-state index in [1.165, 1.54) is 24.4 Å². The minimum Gasteiger partial charge on any atom is -0.457 e. The predicted octanol–water partition coefficient (Wildman–Crippen LogP) is 3.65. The van der Waals surface area contributed by atoms with Gasteiger partial charge in [0.05, 0.1) is 5.69 Å². The molecule has 1 aliphatic heterocycles. The van der Waals surface area contributed by atoms with Crippen LogP contribution in [0.5, 0.6) is 11.5 Å². The van der Waals surface area contributed by atoms with Gasteiger partial charge in [-0.3, -0.25) is 20.3 Å². The van der Waals surface area contributed by atoms with Crippen molar-refractivity contribution in [1.82, 2.24) is 20.3 Å². The first-order valence-electron chi connectivity index (χ1n) is 12.8. The van der Waals surface area contributed by atoms with Crippen molar-refractivity contribution in [2.75, 3.05) is 43.1 Å². The van der Waals surface area contributed by atoms with Gasteiger partial charge in [0.1, 0.15) is 28.5 Å². The molecule has 2 aromatic carbocycles. The molecule has 0 atom stereocenters. The van der Waals surface area contributed by atoms with E-state index >= 15 is 0 Å². The molecule has 1 saturated carbocycles. The number of nitrogens with one attached hydrogen (secondary N) is 4. The number of hydrazine groups is 1. The van der Waals surface area contributed by atoms with Gasteiger partial charge in [-0.15, -0.1) is 0 Å². The summed E-state index contributed by atoms with van der Waals surface area (Å²) >= 11 is 0. The molecule has 1 aliphatic carbocycles. The van der Waals surface area contributed by atoms with E-state index in [0.29, 0.717) is 30.3 Å². The number of halogens is 1. The monoisotopic (exact) mass is 547 g/mol. The van der Waals surface area contributed by atoms with Crippen molar-refractivity contribution in [3.8, 4) is 11.5 Å². The van der Waals surface area contributed by atoms with Crippen molar-refractivity contribution in [3.05, 3.63) is 72.7 Å². The molecule has 0 unspecified atom stereocenters. The molecule has 0 spiro atoms.